The number of nitrogens with zero attached hydrogens (tertiary/aromatic N) is 3. The third kappa shape index (κ3) is 5.11. The van der Waals surface area contributed by atoms with Crippen LogP contribution in [0.5, 0.6) is 0 Å². The zero-order valence-corrected chi connectivity index (χ0v) is 28.9. The molecule has 0 atom stereocenters. The van der Waals surface area contributed by atoms with Gasteiger partial charge in [-0.05, 0) is 94.4 Å². The van der Waals surface area contributed by atoms with E-state index in [-0.39, 0.29) is 57.2 Å². The smallest absolute Gasteiger partial charge is 0.227 e. The second-order valence-corrected chi connectivity index (χ2v) is 13.1. The van der Waals surface area contributed by atoms with E-state index >= 15 is 0 Å². The van der Waals surface area contributed by atoms with Gasteiger partial charge in [0.1, 0.15) is 5.52 Å². The van der Waals surface area contributed by atoms with E-state index in [1.54, 1.807) is 70.1 Å². The van der Waals surface area contributed by atoms with Crippen molar-refractivity contribution in [3.8, 4) is 28.3 Å². The number of hydrogen-bond donors (Lipinski definition) is 0. The molecule has 11 aromatic rings. The standard InChI is InChI=1S/C51H33N3O/c1-4-13-37(14-5-1)51-52-46-32-28-36-24-23-35-27-31-41(33-45(35)48(36)50(46)55-51)53(38-15-6-2-7-16-38)40-29-25-34(26-30-40)42-20-12-21-44-43-19-10-11-22-47(43)54(49(42)44)39-17-8-3-9-18-39/h1-33H/i2D,6D,7D,10D,11D,12D,15D,16D,19D,20D,21D,22D. The maximum atomic E-state index is 9.34. The second kappa shape index (κ2) is 12.6. The molecular formula is C51H33N3O. The Morgan fingerprint density at radius 1 is 0.527 bits per heavy atom. The van der Waals surface area contributed by atoms with Crippen molar-refractivity contribution in [1.29, 1.82) is 0 Å². The highest BCUT2D eigenvalue weighted by Crippen LogP contribution is 2.42. The molecule has 0 unspecified atom stereocenters. The zero-order valence-electron chi connectivity index (χ0n) is 40.9. The van der Waals surface area contributed by atoms with Crippen molar-refractivity contribution < 1.29 is 20.9 Å². The highest BCUT2D eigenvalue weighted by molar-refractivity contribution is 6.19. The van der Waals surface area contributed by atoms with Crippen LogP contribution < -0.4 is 4.90 Å². The molecule has 0 aliphatic carbocycles. The molecule has 4 heteroatoms. The summed E-state index contributed by atoms with van der Waals surface area (Å²) in [4.78, 5) is 6.39. The molecule has 0 saturated carbocycles. The van der Waals surface area contributed by atoms with Gasteiger partial charge in [-0.1, -0.05) is 127 Å². The van der Waals surface area contributed by atoms with Crippen molar-refractivity contribution in [2.45, 2.75) is 0 Å². The SMILES string of the molecule is [2H]c1c([2H])c([2H])c(N(c2ccc(-c3c([2H])c([2H])c([2H])c4c5c([2H])c([2H])c([2H])c([2H])c5n(-c5ccccc5)c34)cc2)c2ccc3ccc4ccc5nc(-c6ccccc6)oc5c4c3c2)c([2H])c1[2H]. The summed E-state index contributed by atoms with van der Waals surface area (Å²) in [6.45, 7) is 0. The molecule has 0 N–H and O–H groups in total. The van der Waals surface area contributed by atoms with Crippen molar-refractivity contribution in [2.75, 3.05) is 4.90 Å². The summed E-state index contributed by atoms with van der Waals surface area (Å²) in [5.41, 5.74) is 4.17. The summed E-state index contributed by atoms with van der Waals surface area (Å²) in [6.07, 6.45) is 0. The van der Waals surface area contributed by atoms with Gasteiger partial charge in [0, 0.05) is 50.0 Å². The number of oxazole rings is 1. The van der Waals surface area contributed by atoms with Gasteiger partial charge in [-0.3, -0.25) is 0 Å². The third-order valence-electron chi connectivity index (χ3n) is 9.97. The van der Waals surface area contributed by atoms with Crippen LogP contribution in [-0.4, -0.2) is 9.55 Å². The Labute approximate surface area is 334 Å². The van der Waals surface area contributed by atoms with E-state index in [2.05, 4.69) is 0 Å². The number of hydrogen-bond acceptors (Lipinski definition) is 3. The molecule has 0 aliphatic rings. The van der Waals surface area contributed by atoms with Crippen LogP contribution in [0.4, 0.5) is 17.1 Å². The van der Waals surface area contributed by atoms with E-state index in [4.69, 9.17) is 24.5 Å². The number of aromatic nitrogens is 2. The van der Waals surface area contributed by atoms with Crippen molar-refractivity contribution in [1.82, 2.24) is 9.55 Å². The first-order valence-corrected chi connectivity index (χ1v) is 17.6. The van der Waals surface area contributed by atoms with E-state index in [1.807, 2.05) is 66.7 Å². The number of para-hydroxylation sites is 4. The first kappa shape index (κ1) is 21.3. The summed E-state index contributed by atoms with van der Waals surface area (Å²) in [5, 5.41) is 3.40. The van der Waals surface area contributed by atoms with Crippen molar-refractivity contribution in [3.63, 3.8) is 0 Å². The van der Waals surface area contributed by atoms with Crippen LogP contribution in [0.25, 0.3) is 82.7 Å². The van der Waals surface area contributed by atoms with Crippen LogP contribution in [0.3, 0.4) is 0 Å². The van der Waals surface area contributed by atoms with Gasteiger partial charge in [0.15, 0.2) is 5.58 Å². The van der Waals surface area contributed by atoms with Crippen LogP contribution >= 0.6 is 0 Å². The molecule has 55 heavy (non-hydrogen) atoms. The lowest BCUT2D eigenvalue weighted by molar-refractivity contribution is 0.623. The van der Waals surface area contributed by atoms with Crippen molar-refractivity contribution >= 4 is 71.5 Å². The fraction of sp³-hybridized carbons (Fsp3) is 0. The number of anilines is 3. The minimum Gasteiger partial charge on any atom is -0.435 e. The Kier molecular flexibility index (Phi) is 4.89. The fourth-order valence-electron chi connectivity index (χ4n) is 7.51. The monoisotopic (exact) mass is 715 g/mol. The zero-order chi connectivity index (χ0) is 46.7. The van der Waals surface area contributed by atoms with E-state index in [1.165, 1.54) is 0 Å². The molecule has 9 aromatic carbocycles. The number of fused-ring (bicyclic) bond motifs is 8. The Bertz CT molecular complexity index is 3860. The molecule has 11 rings (SSSR count). The van der Waals surface area contributed by atoms with Gasteiger partial charge in [0.05, 0.1) is 27.5 Å². The molecule has 0 spiro atoms. The largest absolute Gasteiger partial charge is 0.435 e. The first-order chi connectivity index (χ1) is 32.3. The van der Waals surface area contributed by atoms with Gasteiger partial charge < -0.3 is 13.9 Å². The first-order valence-electron chi connectivity index (χ1n) is 23.6. The third-order valence-corrected chi connectivity index (χ3v) is 9.97. The molecule has 2 aromatic heterocycles. The molecule has 0 bridgehead atoms. The number of rotatable bonds is 6. The Morgan fingerprint density at radius 3 is 2.05 bits per heavy atom. The fourth-order valence-corrected chi connectivity index (χ4v) is 7.51. The maximum absolute atomic E-state index is 9.34. The lowest BCUT2D eigenvalue weighted by atomic mass is 9.99. The summed E-state index contributed by atoms with van der Waals surface area (Å²) in [5.74, 6) is 0.451. The van der Waals surface area contributed by atoms with Crippen LogP contribution in [0, 0.1) is 0 Å². The summed E-state index contributed by atoms with van der Waals surface area (Å²) in [6, 6.07) is 33.3. The summed E-state index contributed by atoms with van der Waals surface area (Å²) in [7, 11) is 0. The minimum atomic E-state index is -0.549. The second-order valence-electron chi connectivity index (χ2n) is 13.1. The van der Waals surface area contributed by atoms with Gasteiger partial charge in [0.2, 0.25) is 5.89 Å². The Balaban J connectivity index is 1.17. The predicted molar refractivity (Wildman–Crippen MR) is 229 cm³/mol. The van der Waals surface area contributed by atoms with Crippen molar-refractivity contribution in [3.05, 3.63) is 200 Å². The van der Waals surface area contributed by atoms with Crippen molar-refractivity contribution in [2.24, 2.45) is 0 Å². The molecular weight excluding hydrogens is 671 g/mol. The maximum Gasteiger partial charge on any atom is 0.227 e. The lowest BCUT2D eigenvalue weighted by Crippen LogP contribution is -2.09. The molecule has 258 valence electrons. The predicted octanol–water partition coefficient (Wildman–Crippen LogP) is 14.0. The quantitative estimate of drug-likeness (QED) is 0.161. The molecule has 2 heterocycles. The van der Waals surface area contributed by atoms with Crippen LogP contribution in [0.15, 0.2) is 204 Å². The normalized spacial score (nSPS) is 14.7. The highest BCUT2D eigenvalue weighted by Gasteiger charge is 2.19. The minimum absolute atomic E-state index is 0.0521. The molecule has 0 radical (unpaired) electrons. The van der Waals surface area contributed by atoms with Crippen LogP contribution in [0.1, 0.15) is 16.4 Å². The van der Waals surface area contributed by atoms with E-state index in [0.29, 0.717) is 39.6 Å². The van der Waals surface area contributed by atoms with Gasteiger partial charge in [-0.15, -0.1) is 0 Å². The highest BCUT2D eigenvalue weighted by atomic mass is 16.3. The average Bonchev–Trinajstić information content (AvgIpc) is 3.96. The van der Waals surface area contributed by atoms with Gasteiger partial charge in [0.25, 0.3) is 0 Å². The van der Waals surface area contributed by atoms with Crippen LogP contribution in [0.2, 0.25) is 0 Å². The Morgan fingerprint density at radius 2 is 1.22 bits per heavy atom. The topological polar surface area (TPSA) is 34.2 Å². The average molecular weight is 716 g/mol. The van der Waals surface area contributed by atoms with Gasteiger partial charge in [-0.2, -0.15) is 0 Å². The Hall–Kier alpha value is -7.43. The summed E-state index contributed by atoms with van der Waals surface area (Å²) < 4.78 is 115. The molecule has 0 amide bonds. The molecule has 0 fully saturated rings. The molecule has 4 nitrogen and oxygen atoms in total. The number of benzene rings is 9. The van der Waals surface area contributed by atoms with Gasteiger partial charge >= 0.3 is 0 Å². The van der Waals surface area contributed by atoms with E-state index in [0.717, 1.165) is 27.1 Å². The van der Waals surface area contributed by atoms with E-state index < -0.39 is 48.3 Å². The molecule has 0 saturated heterocycles. The van der Waals surface area contributed by atoms with E-state index in [9.17, 15) is 1.37 Å². The van der Waals surface area contributed by atoms with Gasteiger partial charge in [-0.25, -0.2) is 4.98 Å². The van der Waals surface area contributed by atoms with Crippen LogP contribution in [-0.2, 0) is 0 Å². The molecule has 0 aliphatic heterocycles. The lowest BCUT2D eigenvalue weighted by Gasteiger charge is -2.26. The summed E-state index contributed by atoms with van der Waals surface area (Å²) >= 11 is 0.